The van der Waals surface area contributed by atoms with Crippen molar-refractivity contribution >= 4 is 45.0 Å². The number of nitrogens with one attached hydrogen (secondary N) is 3. The number of hydrogen-bond donors (Lipinski definition) is 3. The lowest BCUT2D eigenvalue weighted by Gasteiger charge is -2.06. The SMILES string of the molecule is CCC(=O)Nc1cncc(-c2cnc3n[nH]c(-c4nc5c(-c6cccs6)cncc5[nH]4)c3c2)c1. The molecule has 0 aliphatic carbocycles. The van der Waals surface area contributed by atoms with Gasteiger partial charge < -0.3 is 10.3 Å². The van der Waals surface area contributed by atoms with Crippen molar-refractivity contribution < 1.29 is 4.79 Å². The largest absolute Gasteiger partial charge is 0.335 e. The number of imidazole rings is 1. The Kier molecular flexibility index (Phi) is 4.84. The molecule has 0 radical (unpaired) electrons. The summed E-state index contributed by atoms with van der Waals surface area (Å²) in [4.78, 5) is 34.3. The highest BCUT2D eigenvalue weighted by atomic mass is 32.1. The normalized spacial score (nSPS) is 11.3. The van der Waals surface area contributed by atoms with E-state index in [-0.39, 0.29) is 5.91 Å². The van der Waals surface area contributed by atoms with E-state index in [9.17, 15) is 4.79 Å². The van der Waals surface area contributed by atoms with Gasteiger partial charge in [0.1, 0.15) is 11.2 Å². The van der Waals surface area contributed by atoms with Gasteiger partial charge in [-0.1, -0.05) is 13.0 Å². The number of anilines is 1. The van der Waals surface area contributed by atoms with Crippen LogP contribution in [0.25, 0.3) is 55.2 Å². The van der Waals surface area contributed by atoms with Gasteiger partial charge in [-0.25, -0.2) is 9.97 Å². The first kappa shape index (κ1) is 20.2. The number of aromatic amines is 2. The fourth-order valence-electron chi connectivity index (χ4n) is 3.82. The first-order chi connectivity index (χ1) is 16.7. The van der Waals surface area contributed by atoms with E-state index in [0.29, 0.717) is 23.6 Å². The molecule has 10 heteroatoms. The van der Waals surface area contributed by atoms with Gasteiger partial charge in [0.2, 0.25) is 5.91 Å². The molecule has 34 heavy (non-hydrogen) atoms. The maximum Gasteiger partial charge on any atom is 0.224 e. The second-order valence-electron chi connectivity index (χ2n) is 7.70. The van der Waals surface area contributed by atoms with Crippen LogP contribution >= 0.6 is 11.3 Å². The van der Waals surface area contributed by atoms with E-state index >= 15 is 0 Å². The number of carbonyl (C=O) groups excluding carboxylic acids is 1. The summed E-state index contributed by atoms with van der Waals surface area (Å²) in [6.45, 7) is 1.81. The highest BCUT2D eigenvalue weighted by molar-refractivity contribution is 7.13. The number of H-pyrrole nitrogens is 2. The molecule has 0 aliphatic rings. The van der Waals surface area contributed by atoms with Gasteiger partial charge in [-0.15, -0.1) is 11.3 Å². The molecule has 6 aromatic rings. The third-order valence-corrected chi connectivity index (χ3v) is 6.41. The van der Waals surface area contributed by atoms with Gasteiger partial charge in [0, 0.05) is 46.6 Å². The van der Waals surface area contributed by atoms with E-state index in [1.807, 2.05) is 36.7 Å². The zero-order chi connectivity index (χ0) is 23.1. The van der Waals surface area contributed by atoms with Crippen molar-refractivity contribution in [3.63, 3.8) is 0 Å². The average molecular weight is 467 g/mol. The summed E-state index contributed by atoms with van der Waals surface area (Å²) in [6.07, 6.45) is 9.11. The van der Waals surface area contributed by atoms with Crippen LogP contribution in [0.15, 0.2) is 60.6 Å². The molecule has 0 unspecified atom stereocenters. The van der Waals surface area contributed by atoms with E-state index < -0.39 is 0 Å². The Balaban J connectivity index is 1.43. The first-order valence-corrected chi connectivity index (χ1v) is 11.5. The molecule has 9 nitrogen and oxygen atoms in total. The highest BCUT2D eigenvalue weighted by Gasteiger charge is 2.17. The molecule has 0 aliphatic heterocycles. The van der Waals surface area contributed by atoms with Crippen molar-refractivity contribution in [3.8, 4) is 33.1 Å². The fraction of sp³-hybridized carbons (Fsp3) is 0.0833. The van der Waals surface area contributed by atoms with E-state index in [2.05, 4.69) is 41.5 Å². The second-order valence-corrected chi connectivity index (χ2v) is 8.65. The lowest BCUT2D eigenvalue weighted by atomic mass is 10.1. The van der Waals surface area contributed by atoms with Crippen LogP contribution in [-0.4, -0.2) is 41.0 Å². The zero-order valence-electron chi connectivity index (χ0n) is 18.0. The van der Waals surface area contributed by atoms with Crippen molar-refractivity contribution in [1.82, 2.24) is 35.1 Å². The summed E-state index contributed by atoms with van der Waals surface area (Å²) in [5, 5.41) is 13.1. The Hall–Kier alpha value is -4.44. The Bertz CT molecular complexity index is 1650. The second kappa shape index (κ2) is 8.16. The van der Waals surface area contributed by atoms with Crippen LogP contribution in [0, 0.1) is 0 Å². The Labute approximate surface area is 197 Å². The molecule has 3 N–H and O–H groups in total. The maximum absolute atomic E-state index is 11.8. The van der Waals surface area contributed by atoms with E-state index in [1.165, 1.54) is 0 Å². The Morgan fingerprint density at radius 2 is 1.97 bits per heavy atom. The molecule has 166 valence electrons. The molecule has 0 atom stereocenters. The van der Waals surface area contributed by atoms with Crippen LogP contribution < -0.4 is 5.32 Å². The third-order valence-electron chi connectivity index (χ3n) is 5.50. The predicted octanol–water partition coefficient (Wildman–Crippen LogP) is 5.04. The number of rotatable bonds is 5. The van der Waals surface area contributed by atoms with Crippen LogP contribution in [0.1, 0.15) is 13.3 Å². The van der Waals surface area contributed by atoms with Gasteiger partial charge in [0.15, 0.2) is 11.5 Å². The number of thiophene rings is 1. The number of amides is 1. The lowest BCUT2D eigenvalue weighted by Crippen LogP contribution is -2.09. The van der Waals surface area contributed by atoms with Crippen molar-refractivity contribution in [2.24, 2.45) is 0 Å². The minimum absolute atomic E-state index is 0.0639. The van der Waals surface area contributed by atoms with Crippen LogP contribution in [-0.2, 0) is 4.79 Å². The summed E-state index contributed by atoms with van der Waals surface area (Å²) < 4.78 is 0. The van der Waals surface area contributed by atoms with E-state index in [0.717, 1.165) is 43.7 Å². The summed E-state index contributed by atoms with van der Waals surface area (Å²) in [5.41, 5.74) is 6.33. The molecule has 0 bridgehead atoms. The Morgan fingerprint density at radius 1 is 1.09 bits per heavy atom. The molecule has 1 amide bonds. The number of carbonyl (C=O) groups is 1. The van der Waals surface area contributed by atoms with Crippen LogP contribution in [0.2, 0.25) is 0 Å². The number of hydrogen-bond acceptors (Lipinski definition) is 7. The van der Waals surface area contributed by atoms with Gasteiger partial charge in [0.05, 0.1) is 29.0 Å². The van der Waals surface area contributed by atoms with Gasteiger partial charge in [-0.2, -0.15) is 5.10 Å². The molecular weight excluding hydrogens is 448 g/mol. The predicted molar refractivity (Wildman–Crippen MR) is 132 cm³/mol. The fourth-order valence-corrected chi connectivity index (χ4v) is 4.55. The molecule has 0 spiro atoms. The number of pyridine rings is 3. The van der Waals surface area contributed by atoms with Gasteiger partial charge in [-0.05, 0) is 23.6 Å². The van der Waals surface area contributed by atoms with Crippen molar-refractivity contribution in [3.05, 3.63) is 60.6 Å². The topological polar surface area (TPSA) is 125 Å². The molecule has 6 heterocycles. The van der Waals surface area contributed by atoms with Crippen LogP contribution in [0.3, 0.4) is 0 Å². The molecule has 6 rings (SSSR count). The minimum Gasteiger partial charge on any atom is -0.335 e. The Morgan fingerprint density at radius 3 is 2.82 bits per heavy atom. The smallest absolute Gasteiger partial charge is 0.224 e. The lowest BCUT2D eigenvalue weighted by molar-refractivity contribution is -0.115. The van der Waals surface area contributed by atoms with Crippen molar-refractivity contribution in [2.75, 3.05) is 5.32 Å². The minimum atomic E-state index is -0.0639. The third kappa shape index (κ3) is 3.50. The average Bonchev–Trinajstić information content (AvgIpc) is 3.62. The quantitative estimate of drug-likeness (QED) is 0.327. The maximum atomic E-state index is 11.8. The van der Waals surface area contributed by atoms with Crippen LogP contribution in [0.4, 0.5) is 5.69 Å². The molecular formula is C24H18N8OS. The van der Waals surface area contributed by atoms with Crippen LogP contribution in [0.5, 0.6) is 0 Å². The monoisotopic (exact) mass is 466 g/mol. The highest BCUT2D eigenvalue weighted by Crippen LogP contribution is 2.33. The summed E-state index contributed by atoms with van der Waals surface area (Å²) in [6, 6.07) is 7.94. The van der Waals surface area contributed by atoms with E-state index in [1.54, 1.807) is 36.1 Å². The van der Waals surface area contributed by atoms with E-state index in [4.69, 9.17) is 4.98 Å². The van der Waals surface area contributed by atoms with Gasteiger partial charge in [0.25, 0.3) is 0 Å². The van der Waals surface area contributed by atoms with Gasteiger partial charge in [-0.3, -0.25) is 19.9 Å². The summed E-state index contributed by atoms with van der Waals surface area (Å²) >= 11 is 1.65. The molecule has 0 saturated carbocycles. The number of nitrogens with zero attached hydrogens (tertiary/aromatic N) is 5. The number of fused-ring (bicyclic) bond motifs is 2. The molecule has 0 fully saturated rings. The molecule has 0 saturated heterocycles. The standard InChI is InChI=1S/C24H18N8OS/c1-2-20(33)28-15-6-13(8-25-10-15)14-7-16-22(31-32-23(16)27-9-14)24-29-18-12-26-11-17(21(18)30-24)19-4-3-5-34-19/h3-12H,2H2,1H3,(H,28,33)(H,29,30)(H,27,31,32). The molecule has 6 aromatic heterocycles. The van der Waals surface area contributed by atoms with Crippen molar-refractivity contribution in [2.45, 2.75) is 13.3 Å². The van der Waals surface area contributed by atoms with Gasteiger partial charge >= 0.3 is 0 Å². The molecule has 0 aromatic carbocycles. The number of aromatic nitrogens is 7. The summed E-state index contributed by atoms with van der Waals surface area (Å²) in [5.74, 6) is 0.593. The van der Waals surface area contributed by atoms with Crippen molar-refractivity contribution in [1.29, 1.82) is 0 Å². The zero-order valence-corrected chi connectivity index (χ0v) is 18.8. The summed E-state index contributed by atoms with van der Waals surface area (Å²) in [7, 11) is 0. The first-order valence-electron chi connectivity index (χ1n) is 10.7.